The van der Waals surface area contributed by atoms with Gasteiger partial charge in [-0.25, -0.2) is 4.98 Å². The smallest absolute Gasteiger partial charge is 0.273 e. The van der Waals surface area contributed by atoms with Crippen LogP contribution in [0.4, 0.5) is 5.69 Å². The minimum Gasteiger partial charge on any atom is -0.441 e. The lowest BCUT2D eigenvalue weighted by Gasteiger charge is -2.05. The Bertz CT molecular complexity index is 1150. The Balaban J connectivity index is 1.35. The van der Waals surface area contributed by atoms with E-state index in [-0.39, 0.29) is 18.1 Å². The number of aryl methyl sites for hydroxylation is 1. The van der Waals surface area contributed by atoms with Crippen molar-refractivity contribution in [2.45, 2.75) is 6.92 Å². The van der Waals surface area contributed by atoms with Gasteiger partial charge in [-0.3, -0.25) is 9.59 Å². The van der Waals surface area contributed by atoms with E-state index in [0.29, 0.717) is 28.4 Å². The Morgan fingerprint density at radius 2 is 1.89 bits per heavy atom. The summed E-state index contributed by atoms with van der Waals surface area (Å²) < 4.78 is 10.6. The molecule has 2 aromatic carbocycles. The zero-order valence-electron chi connectivity index (χ0n) is 14.9. The fourth-order valence-electron chi connectivity index (χ4n) is 2.70. The molecule has 4 aromatic rings. The van der Waals surface area contributed by atoms with Crippen molar-refractivity contribution in [2.24, 2.45) is 0 Å². The maximum Gasteiger partial charge on any atom is 0.273 e. The van der Waals surface area contributed by atoms with Gasteiger partial charge < -0.3 is 19.6 Å². The van der Waals surface area contributed by atoms with Crippen molar-refractivity contribution in [1.82, 2.24) is 15.5 Å². The quantitative estimate of drug-likeness (QED) is 0.554. The maximum absolute atomic E-state index is 12.2. The summed E-state index contributed by atoms with van der Waals surface area (Å²) in [7, 11) is 0. The number of oxazole rings is 1. The molecule has 0 bridgehead atoms. The van der Waals surface area contributed by atoms with Crippen molar-refractivity contribution in [3.63, 3.8) is 0 Å². The van der Waals surface area contributed by atoms with Crippen LogP contribution in [-0.4, -0.2) is 28.5 Å². The molecule has 0 radical (unpaired) electrons. The Kier molecular flexibility index (Phi) is 4.59. The van der Waals surface area contributed by atoms with E-state index in [2.05, 4.69) is 20.8 Å². The Labute approximate surface area is 159 Å². The lowest BCUT2D eigenvalue weighted by atomic mass is 10.1. The number of fused-ring (bicyclic) bond motifs is 1. The highest BCUT2D eigenvalue weighted by Gasteiger charge is 2.15. The summed E-state index contributed by atoms with van der Waals surface area (Å²) in [6.07, 6.45) is 0. The summed E-state index contributed by atoms with van der Waals surface area (Å²) in [6, 6.07) is 16.0. The van der Waals surface area contributed by atoms with Crippen LogP contribution in [0.5, 0.6) is 0 Å². The highest BCUT2D eigenvalue weighted by molar-refractivity contribution is 5.99. The first-order chi connectivity index (χ1) is 13.6. The van der Waals surface area contributed by atoms with Crippen LogP contribution in [0.1, 0.15) is 16.4 Å². The third kappa shape index (κ3) is 3.75. The second-order valence-corrected chi connectivity index (χ2v) is 6.09. The molecule has 28 heavy (non-hydrogen) atoms. The standard InChI is InChI=1S/C20H16N4O4/c1-12-22-15-9-14(7-8-17(15)27-12)23-19(25)11-21-20(26)16-10-18(28-24-16)13-5-3-2-4-6-13/h2-10H,11H2,1H3,(H,21,26)(H,23,25). The van der Waals surface area contributed by atoms with Gasteiger partial charge in [0.2, 0.25) is 5.91 Å². The van der Waals surface area contributed by atoms with Gasteiger partial charge in [-0.2, -0.15) is 0 Å². The van der Waals surface area contributed by atoms with Crippen LogP contribution in [0.25, 0.3) is 22.4 Å². The summed E-state index contributed by atoms with van der Waals surface area (Å²) in [4.78, 5) is 28.5. The van der Waals surface area contributed by atoms with E-state index >= 15 is 0 Å². The van der Waals surface area contributed by atoms with E-state index in [0.717, 1.165) is 5.56 Å². The van der Waals surface area contributed by atoms with Gasteiger partial charge in [0.05, 0.1) is 6.54 Å². The molecule has 140 valence electrons. The van der Waals surface area contributed by atoms with Gasteiger partial charge in [0.15, 0.2) is 22.9 Å². The van der Waals surface area contributed by atoms with Gasteiger partial charge in [0.25, 0.3) is 5.91 Å². The van der Waals surface area contributed by atoms with Gasteiger partial charge >= 0.3 is 0 Å². The van der Waals surface area contributed by atoms with Crippen LogP contribution >= 0.6 is 0 Å². The average Bonchev–Trinajstić information content (AvgIpc) is 3.32. The van der Waals surface area contributed by atoms with Crippen molar-refractivity contribution < 1.29 is 18.5 Å². The van der Waals surface area contributed by atoms with Gasteiger partial charge in [-0.05, 0) is 18.2 Å². The molecule has 0 saturated heterocycles. The normalized spacial score (nSPS) is 10.8. The SMILES string of the molecule is Cc1nc2cc(NC(=O)CNC(=O)c3cc(-c4ccccc4)on3)ccc2o1. The number of nitrogens with zero attached hydrogens (tertiary/aromatic N) is 2. The molecule has 2 N–H and O–H groups in total. The molecule has 0 atom stereocenters. The van der Waals surface area contributed by atoms with Crippen LogP contribution < -0.4 is 10.6 Å². The van der Waals surface area contributed by atoms with Gasteiger partial charge in [-0.15, -0.1) is 0 Å². The van der Waals surface area contributed by atoms with Gasteiger partial charge in [0.1, 0.15) is 5.52 Å². The number of anilines is 1. The fourth-order valence-corrected chi connectivity index (χ4v) is 2.70. The molecule has 0 spiro atoms. The number of carbonyl (C=O) groups excluding carboxylic acids is 2. The number of carbonyl (C=O) groups is 2. The van der Waals surface area contributed by atoms with Crippen LogP contribution in [0.3, 0.4) is 0 Å². The first-order valence-corrected chi connectivity index (χ1v) is 8.56. The number of amides is 2. The Morgan fingerprint density at radius 3 is 2.71 bits per heavy atom. The van der Waals surface area contributed by atoms with Crippen molar-refractivity contribution in [3.8, 4) is 11.3 Å². The van der Waals surface area contributed by atoms with Crippen LogP contribution in [0.2, 0.25) is 0 Å². The van der Waals surface area contributed by atoms with E-state index in [4.69, 9.17) is 8.94 Å². The average molecular weight is 376 g/mol. The van der Waals surface area contributed by atoms with E-state index in [1.54, 1.807) is 25.1 Å². The van der Waals surface area contributed by atoms with Crippen molar-refractivity contribution >= 4 is 28.6 Å². The lowest BCUT2D eigenvalue weighted by Crippen LogP contribution is -2.33. The summed E-state index contributed by atoms with van der Waals surface area (Å²) in [5, 5.41) is 8.97. The molecule has 0 saturated carbocycles. The molecule has 2 amide bonds. The Morgan fingerprint density at radius 1 is 1.07 bits per heavy atom. The number of nitrogens with one attached hydrogen (secondary N) is 2. The van der Waals surface area contributed by atoms with Crippen molar-refractivity contribution in [1.29, 1.82) is 0 Å². The summed E-state index contributed by atoms with van der Waals surface area (Å²) in [5.41, 5.74) is 2.77. The highest BCUT2D eigenvalue weighted by Crippen LogP contribution is 2.20. The van der Waals surface area contributed by atoms with E-state index in [1.807, 2.05) is 30.3 Å². The molecule has 0 aliphatic rings. The van der Waals surface area contributed by atoms with Crippen LogP contribution in [0.15, 0.2) is 63.5 Å². The van der Waals surface area contributed by atoms with Gasteiger partial charge in [0, 0.05) is 24.2 Å². The van der Waals surface area contributed by atoms with Crippen LogP contribution in [0, 0.1) is 6.92 Å². The minimum absolute atomic E-state index is 0.103. The van der Waals surface area contributed by atoms with Crippen molar-refractivity contribution in [2.75, 3.05) is 11.9 Å². The predicted molar refractivity (Wildman–Crippen MR) is 102 cm³/mol. The molecule has 8 heteroatoms. The summed E-state index contributed by atoms with van der Waals surface area (Å²) in [5.74, 6) is 0.156. The number of rotatable bonds is 5. The molecule has 8 nitrogen and oxygen atoms in total. The maximum atomic E-state index is 12.2. The molecule has 0 aliphatic heterocycles. The number of aromatic nitrogens is 2. The summed E-state index contributed by atoms with van der Waals surface area (Å²) in [6.45, 7) is 1.54. The fraction of sp³-hybridized carbons (Fsp3) is 0.100. The first-order valence-electron chi connectivity index (χ1n) is 8.56. The highest BCUT2D eigenvalue weighted by atomic mass is 16.5. The molecule has 4 rings (SSSR count). The third-order valence-electron chi connectivity index (χ3n) is 3.99. The zero-order chi connectivity index (χ0) is 19.5. The summed E-state index contributed by atoms with van der Waals surface area (Å²) >= 11 is 0. The number of hydrogen-bond donors (Lipinski definition) is 2. The second-order valence-electron chi connectivity index (χ2n) is 6.09. The lowest BCUT2D eigenvalue weighted by molar-refractivity contribution is -0.115. The molecule has 2 aromatic heterocycles. The molecule has 2 heterocycles. The number of hydrogen-bond acceptors (Lipinski definition) is 6. The predicted octanol–water partition coefficient (Wildman–Crippen LogP) is 3.16. The van der Waals surface area contributed by atoms with E-state index < -0.39 is 5.91 Å². The minimum atomic E-state index is -0.497. The topological polar surface area (TPSA) is 110 Å². The van der Waals surface area contributed by atoms with Crippen LogP contribution in [-0.2, 0) is 4.79 Å². The number of benzene rings is 2. The van der Waals surface area contributed by atoms with Crippen molar-refractivity contribution in [3.05, 3.63) is 66.2 Å². The third-order valence-corrected chi connectivity index (χ3v) is 3.99. The zero-order valence-corrected chi connectivity index (χ0v) is 14.9. The Hall–Kier alpha value is -3.94. The first kappa shape index (κ1) is 17.5. The second kappa shape index (κ2) is 7.36. The molecule has 0 aliphatic carbocycles. The monoisotopic (exact) mass is 376 g/mol. The van der Waals surface area contributed by atoms with Gasteiger partial charge in [-0.1, -0.05) is 35.5 Å². The molecule has 0 unspecified atom stereocenters. The molecular weight excluding hydrogens is 360 g/mol. The largest absolute Gasteiger partial charge is 0.441 e. The molecular formula is C20H16N4O4. The van der Waals surface area contributed by atoms with E-state index in [1.165, 1.54) is 6.07 Å². The van der Waals surface area contributed by atoms with E-state index in [9.17, 15) is 9.59 Å². The molecule has 0 fully saturated rings.